The number of nitrogens with zero attached hydrogens (tertiary/aromatic N) is 2. The molecule has 9 heteroatoms. The molecule has 164 valence electrons. The average Bonchev–Trinajstić information content (AvgIpc) is 3.30. The van der Waals surface area contributed by atoms with Gasteiger partial charge in [0.2, 0.25) is 11.7 Å². The minimum atomic E-state index is -1.19. The Balaban J connectivity index is 1.26. The highest BCUT2D eigenvalue weighted by Gasteiger charge is 2.29. The van der Waals surface area contributed by atoms with Crippen molar-refractivity contribution in [3.63, 3.8) is 0 Å². The van der Waals surface area contributed by atoms with Gasteiger partial charge in [-0.1, -0.05) is 48.5 Å². The number of carboxylic acids is 1. The Hall–Kier alpha value is -4.14. The second kappa shape index (κ2) is 8.93. The van der Waals surface area contributed by atoms with Gasteiger partial charge in [0.25, 0.3) is 0 Å². The molecule has 0 fully saturated rings. The van der Waals surface area contributed by atoms with E-state index in [4.69, 9.17) is 9.84 Å². The summed E-state index contributed by atoms with van der Waals surface area (Å²) in [6.07, 6.45) is 0.786. The summed E-state index contributed by atoms with van der Waals surface area (Å²) >= 11 is 0. The number of alkyl carbamates (subject to hydrolysis) is 1. The summed E-state index contributed by atoms with van der Waals surface area (Å²) in [7, 11) is 1.52. The minimum Gasteiger partial charge on any atom is -0.475 e. The van der Waals surface area contributed by atoms with Gasteiger partial charge in [-0.15, -0.1) is 0 Å². The molecule has 1 aliphatic carbocycles. The summed E-state index contributed by atoms with van der Waals surface area (Å²) < 4.78 is 6.72. The van der Waals surface area contributed by atoms with Crippen LogP contribution in [0.3, 0.4) is 0 Å². The van der Waals surface area contributed by atoms with Crippen LogP contribution >= 0.6 is 0 Å². The number of ether oxygens (including phenoxy) is 1. The maximum Gasteiger partial charge on any atom is 0.407 e. The first-order valence-corrected chi connectivity index (χ1v) is 10.1. The third kappa shape index (κ3) is 4.31. The van der Waals surface area contributed by atoms with Gasteiger partial charge >= 0.3 is 12.1 Å². The Morgan fingerprint density at radius 3 is 2.28 bits per heavy atom. The van der Waals surface area contributed by atoms with Crippen molar-refractivity contribution < 1.29 is 24.2 Å². The van der Waals surface area contributed by atoms with Crippen molar-refractivity contribution in [1.82, 2.24) is 14.9 Å². The Morgan fingerprint density at radius 2 is 1.69 bits per heavy atom. The zero-order valence-corrected chi connectivity index (χ0v) is 17.4. The predicted octanol–water partition coefficient (Wildman–Crippen LogP) is 2.99. The van der Waals surface area contributed by atoms with Crippen LogP contribution in [0.4, 0.5) is 10.6 Å². The summed E-state index contributed by atoms with van der Waals surface area (Å²) in [5.41, 5.74) is 4.54. The van der Waals surface area contributed by atoms with Gasteiger partial charge in [0.05, 0.1) is 0 Å². The standard InChI is InChI=1S/C23H22N4O5/c1-27-12-19(26-21(27)22(29)30)25-20(28)10-11-24-23(31)32-13-18-16-8-4-2-6-14(16)15-7-3-5-9-17(15)18/h2-9,12,18H,10-11,13H2,1H3,(H,24,31)(H,25,28)(H,29,30). The Bertz CT molecular complexity index is 1140. The lowest BCUT2D eigenvalue weighted by Crippen LogP contribution is -2.29. The summed E-state index contributed by atoms with van der Waals surface area (Å²) in [6, 6.07) is 16.1. The summed E-state index contributed by atoms with van der Waals surface area (Å²) in [4.78, 5) is 39.0. The number of hydrogen-bond donors (Lipinski definition) is 3. The number of carbonyl (C=O) groups excluding carboxylic acids is 2. The maximum atomic E-state index is 12.1. The van der Waals surface area contributed by atoms with Crippen LogP contribution in [-0.4, -0.2) is 45.8 Å². The van der Waals surface area contributed by atoms with Crippen LogP contribution in [-0.2, 0) is 16.6 Å². The number of carboxylic acid groups (broad SMARTS) is 1. The highest BCUT2D eigenvalue weighted by molar-refractivity contribution is 5.91. The fourth-order valence-electron chi connectivity index (χ4n) is 3.86. The van der Waals surface area contributed by atoms with Gasteiger partial charge in [-0.2, -0.15) is 0 Å². The Morgan fingerprint density at radius 1 is 1.06 bits per heavy atom. The molecule has 2 aromatic carbocycles. The van der Waals surface area contributed by atoms with Crippen molar-refractivity contribution in [2.45, 2.75) is 12.3 Å². The van der Waals surface area contributed by atoms with Gasteiger partial charge in [0, 0.05) is 32.1 Å². The number of aromatic nitrogens is 2. The molecule has 2 amide bonds. The van der Waals surface area contributed by atoms with E-state index in [0.717, 1.165) is 22.3 Å². The van der Waals surface area contributed by atoms with E-state index < -0.39 is 18.0 Å². The highest BCUT2D eigenvalue weighted by Crippen LogP contribution is 2.44. The minimum absolute atomic E-state index is 0.0107. The molecule has 3 N–H and O–H groups in total. The number of imidazole rings is 1. The molecule has 0 bridgehead atoms. The SMILES string of the molecule is Cn1cc(NC(=O)CCNC(=O)OCC2c3ccccc3-c3ccccc32)nc1C(=O)O. The van der Waals surface area contributed by atoms with E-state index in [2.05, 4.69) is 27.8 Å². The third-order valence-electron chi connectivity index (χ3n) is 5.30. The third-order valence-corrected chi connectivity index (χ3v) is 5.30. The maximum absolute atomic E-state index is 12.1. The molecule has 0 spiro atoms. The van der Waals surface area contributed by atoms with Crippen molar-refractivity contribution >= 4 is 23.8 Å². The van der Waals surface area contributed by atoms with Crippen LogP contribution in [0.5, 0.6) is 0 Å². The predicted molar refractivity (Wildman–Crippen MR) is 116 cm³/mol. The van der Waals surface area contributed by atoms with Crippen molar-refractivity contribution in [3.8, 4) is 11.1 Å². The lowest BCUT2D eigenvalue weighted by molar-refractivity contribution is -0.116. The number of carbonyl (C=O) groups is 3. The zero-order chi connectivity index (χ0) is 22.7. The van der Waals surface area contributed by atoms with Crippen LogP contribution in [0.25, 0.3) is 11.1 Å². The molecule has 1 aromatic heterocycles. The number of amides is 2. The number of hydrogen-bond acceptors (Lipinski definition) is 5. The molecule has 0 unspecified atom stereocenters. The zero-order valence-electron chi connectivity index (χ0n) is 17.4. The first-order valence-electron chi connectivity index (χ1n) is 10.1. The van der Waals surface area contributed by atoms with E-state index >= 15 is 0 Å². The lowest BCUT2D eigenvalue weighted by atomic mass is 9.98. The summed E-state index contributed by atoms with van der Waals surface area (Å²) in [6.45, 7) is 0.263. The van der Waals surface area contributed by atoms with Gasteiger partial charge < -0.3 is 25.0 Å². The van der Waals surface area contributed by atoms with Crippen molar-refractivity contribution in [3.05, 3.63) is 71.7 Å². The van der Waals surface area contributed by atoms with Crippen LogP contribution < -0.4 is 10.6 Å². The average molecular weight is 434 g/mol. The molecule has 9 nitrogen and oxygen atoms in total. The number of nitrogens with one attached hydrogen (secondary N) is 2. The van der Waals surface area contributed by atoms with E-state index in [1.165, 1.54) is 17.8 Å². The largest absolute Gasteiger partial charge is 0.475 e. The summed E-state index contributed by atoms with van der Waals surface area (Å²) in [5.74, 6) is -1.68. The van der Waals surface area contributed by atoms with Crippen molar-refractivity contribution in [2.75, 3.05) is 18.5 Å². The fraction of sp³-hybridized carbons (Fsp3) is 0.217. The van der Waals surface area contributed by atoms with Crippen molar-refractivity contribution in [1.29, 1.82) is 0 Å². The van der Waals surface area contributed by atoms with Crippen LogP contribution in [0, 0.1) is 0 Å². The number of anilines is 1. The molecule has 0 aliphatic heterocycles. The molecular formula is C23H22N4O5. The monoisotopic (exact) mass is 434 g/mol. The molecule has 0 saturated carbocycles. The summed E-state index contributed by atoms with van der Waals surface area (Å²) in [5, 5.41) is 14.1. The lowest BCUT2D eigenvalue weighted by Gasteiger charge is -2.14. The second-order valence-electron chi connectivity index (χ2n) is 7.42. The number of benzene rings is 2. The number of fused-ring (bicyclic) bond motifs is 3. The van der Waals surface area contributed by atoms with Crippen LogP contribution in [0.2, 0.25) is 0 Å². The van der Waals surface area contributed by atoms with E-state index in [1.807, 2.05) is 36.4 Å². The molecule has 1 heterocycles. The number of aryl methyl sites for hydroxylation is 1. The van der Waals surface area contributed by atoms with Gasteiger partial charge in [-0.05, 0) is 22.3 Å². The normalized spacial score (nSPS) is 12.0. The quantitative estimate of drug-likeness (QED) is 0.525. The number of aromatic carboxylic acids is 1. The molecule has 32 heavy (non-hydrogen) atoms. The second-order valence-corrected chi connectivity index (χ2v) is 7.42. The molecule has 0 saturated heterocycles. The first kappa shape index (κ1) is 21.1. The van der Waals surface area contributed by atoms with E-state index in [1.54, 1.807) is 0 Å². The van der Waals surface area contributed by atoms with E-state index in [0.29, 0.717) is 0 Å². The van der Waals surface area contributed by atoms with Gasteiger partial charge in [0.1, 0.15) is 6.61 Å². The van der Waals surface area contributed by atoms with Crippen LogP contribution in [0.15, 0.2) is 54.7 Å². The van der Waals surface area contributed by atoms with Crippen LogP contribution in [0.1, 0.15) is 34.1 Å². The first-order chi connectivity index (χ1) is 15.4. The van der Waals surface area contributed by atoms with E-state index in [9.17, 15) is 14.4 Å². The van der Waals surface area contributed by atoms with Crippen molar-refractivity contribution in [2.24, 2.45) is 7.05 Å². The van der Waals surface area contributed by atoms with Gasteiger partial charge in [-0.3, -0.25) is 4.79 Å². The van der Waals surface area contributed by atoms with Gasteiger partial charge in [0.15, 0.2) is 5.82 Å². The van der Waals surface area contributed by atoms with Gasteiger partial charge in [-0.25, -0.2) is 14.6 Å². The number of rotatable bonds is 7. The fourth-order valence-corrected chi connectivity index (χ4v) is 3.86. The molecule has 1 aliphatic rings. The topological polar surface area (TPSA) is 123 Å². The molecule has 0 radical (unpaired) electrons. The molecule has 0 atom stereocenters. The van der Waals surface area contributed by atoms with E-state index in [-0.39, 0.29) is 37.1 Å². The highest BCUT2D eigenvalue weighted by atomic mass is 16.5. The molecular weight excluding hydrogens is 412 g/mol. The molecule has 3 aromatic rings. The Kier molecular flexibility index (Phi) is 5.89. The molecule has 4 rings (SSSR count). The Labute approximate surface area is 184 Å². The smallest absolute Gasteiger partial charge is 0.407 e.